The first-order valence-electron chi connectivity index (χ1n) is 8.46. The molecule has 2 aromatic heterocycles. The minimum Gasteiger partial charge on any atom is -0.350 e. The first-order valence-corrected chi connectivity index (χ1v) is 9.34. The molecule has 1 saturated heterocycles. The van der Waals surface area contributed by atoms with Crippen molar-refractivity contribution in [3.63, 3.8) is 0 Å². The van der Waals surface area contributed by atoms with Gasteiger partial charge in [-0.05, 0) is 24.8 Å². The largest absolute Gasteiger partial charge is 0.439 e. The van der Waals surface area contributed by atoms with E-state index < -0.39 is 11.8 Å². The number of rotatable bonds is 7. The summed E-state index contributed by atoms with van der Waals surface area (Å²) < 4.78 is 4.48. The van der Waals surface area contributed by atoms with Gasteiger partial charge in [0.25, 0.3) is 0 Å². The van der Waals surface area contributed by atoms with E-state index in [1.807, 2.05) is 6.07 Å². The fourth-order valence-electron chi connectivity index (χ4n) is 3.51. The van der Waals surface area contributed by atoms with Crippen LogP contribution in [0.2, 0.25) is 0 Å². The molecule has 1 aliphatic carbocycles. The van der Waals surface area contributed by atoms with E-state index in [1.165, 1.54) is 11.3 Å². The number of carbonyl (C=O) groups is 3. The average Bonchev–Trinajstić information content (AvgIpc) is 3.05. The van der Waals surface area contributed by atoms with Crippen molar-refractivity contribution in [3.05, 3.63) is 26.9 Å². The molecule has 3 atom stereocenters. The highest BCUT2D eigenvalue weighted by Gasteiger charge is 2.55. The Kier molecular flexibility index (Phi) is 4.52. The highest BCUT2D eigenvalue weighted by molar-refractivity contribution is 7.10. The summed E-state index contributed by atoms with van der Waals surface area (Å²) in [7, 11) is 0. The minimum absolute atomic E-state index is 0.0965. The highest BCUT2D eigenvalue weighted by Crippen LogP contribution is 2.47. The second-order valence-corrected chi connectivity index (χ2v) is 7.57. The highest BCUT2D eigenvalue weighted by atomic mass is 32.1. The van der Waals surface area contributed by atoms with E-state index in [1.54, 1.807) is 10.3 Å². The number of likely N-dealkylation sites (tertiary alicyclic amines) is 1. The number of aromatic amines is 1. The number of H-pyrrole nitrogens is 1. The first kappa shape index (κ1) is 17.5. The Morgan fingerprint density at radius 2 is 2.30 bits per heavy atom. The van der Waals surface area contributed by atoms with Gasteiger partial charge in [-0.3, -0.25) is 23.9 Å². The van der Waals surface area contributed by atoms with Crippen molar-refractivity contribution >= 4 is 29.6 Å². The molecule has 3 unspecified atom stereocenters. The van der Waals surface area contributed by atoms with Gasteiger partial charge in [0.2, 0.25) is 18.2 Å². The summed E-state index contributed by atoms with van der Waals surface area (Å²) in [4.78, 5) is 51.2. The quantitative estimate of drug-likeness (QED) is 0.541. The third-order valence-corrected chi connectivity index (χ3v) is 5.77. The van der Waals surface area contributed by atoms with Crippen LogP contribution in [-0.4, -0.2) is 51.9 Å². The monoisotopic (exact) mass is 391 g/mol. The molecule has 1 aliphatic heterocycles. The standard InChI is InChI=1S/C16H17N5O5S/c22-7-17-5-13(23)21-11-2-8(11)3-12(21)15(24)18-4-10-1-9(6-27-10)14-19-16(25)26-20-14/h1,6-8,11-12H,2-5H2,(H,17,22)(H,18,24)(H,19,20,25). The molecule has 27 heavy (non-hydrogen) atoms. The molecule has 2 fully saturated rings. The molecule has 0 radical (unpaired) electrons. The number of piperidine rings is 1. The number of nitrogens with zero attached hydrogens (tertiary/aromatic N) is 2. The van der Waals surface area contributed by atoms with Gasteiger partial charge in [-0.15, -0.1) is 11.3 Å². The van der Waals surface area contributed by atoms with Crippen molar-refractivity contribution < 1.29 is 18.9 Å². The second kappa shape index (κ2) is 6.99. The van der Waals surface area contributed by atoms with Crippen molar-refractivity contribution in [2.75, 3.05) is 6.54 Å². The van der Waals surface area contributed by atoms with E-state index in [9.17, 15) is 19.2 Å². The molecule has 4 rings (SSSR count). The number of fused-ring (bicyclic) bond motifs is 1. The molecule has 3 heterocycles. The van der Waals surface area contributed by atoms with Gasteiger partial charge in [-0.2, -0.15) is 0 Å². The van der Waals surface area contributed by atoms with E-state index in [0.717, 1.165) is 11.3 Å². The Morgan fingerprint density at radius 3 is 3.04 bits per heavy atom. The predicted molar refractivity (Wildman–Crippen MR) is 93.5 cm³/mol. The number of thiophene rings is 1. The Hall–Kier alpha value is -2.95. The van der Waals surface area contributed by atoms with Crippen LogP contribution in [0.1, 0.15) is 17.7 Å². The topological polar surface area (TPSA) is 137 Å². The zero-order valence-corrected chi connectivity index (χ0v) is 15.0. The van der Waals surface area contributed by atoms with Crippen molar-refractivity contribution in [3.8, 4) is 11.4 Å². The van der Waals surface area contributed by atoms with Crippen LogP contribution in [0.4, 0.5) is 0 Å². The van der Waals surface area contributed by atoms with E-state index in [-0.39, 0.29) is 24.4 Å². The summed E-state index contributed by atoms with van der Waals surface area (Å²) in [6, 6.07) is 1.42. The molecule has 3 amide bonds. The van der Waals surface area contributed by atoms with Crippen LogP contribution in [0.5, 0.6) is 0 Å². The van der Waals surface area contributed by atoms with E-state index in [2.05, 4.69) is 25.3 Å². The molecule has 0 aromatic carbocycles. The molecule has 1 saturated carbocycles. The number of hydrogen-bond acceptors (Lipinski definition) is 7. The van der Waals surface area contributed by atoms with Crippen LogP contribution < -0.4 is 16.4 Å². The van der Waals surface area contributed by atoms with Gasteiger partial charge in [0.05, 0.1) is 13.1 Å². The van der Waals surface area contributed by atoms with Crippen LogP contribution >= 0.6 is 11.3 Å². The average molecular weight is 391 g/mol. The summed E-state index contributed by atoms with van der Waals surface area (Å²) >= 11 is 1.42. The summed E-state index contributed by atoms with van der Waals surface area (Å²) in [5, 5.41) is 10.7. The number of hydrogen-bond donors (Lipinski definition) is 3. The zero-order valence-electron chi connectivity index (χ0n) is 14.1. The molecule has 10 nitrogen and oxygen atoms in total. The Morgan fingerprint density at radius 1 is 1.44 bits per heavy atom. The van der Waals surface area contributed by atoms with E-state index in [0.29, 0.717) is 36.7 Å². The summed E-state index contributed by atoms with van der Waals surface area (Å²) in [5.74, 6) is -0.353. The van der Waals surface area contributed by atoms with Crippen molar-refractivity contribution in [2.45, 2.75) is 31.5 Å². The Bertz CT molecular complexity index is 934. The van der Waals surface area contributed by atoms with E-state index >= 15 is 0 Å². The van der Waals surface area contributed by atoms with E-state index in [4.69, 9.17) is 0 Å². The van der Waals surface area contributed by atoms with Gasteiger partial charge in [-0.1, -0.05) is 5.16 Å². The Labute approximate surface area is 156 Å². The third kappa shape index (κ3) is 3.50. The van der Waals surface area contributed by atoms with Gasteiger partial charge < -0.3 is 15.5 Å². The summed E-state index contributed by atoms with van der Waals surface area (Å²) in [6.45, 7) is 0.215. The van der Waals surface area contributed by atoms with Crippen LogP contribution in [-0.2, 0) is 20.9 Å². The summed E-state index contributed by atoms with van der Waals surface area (Å²) in [6.07, 6.45) is 2.05. The van der Waals surface area contributed by atoms with Gasteiger partial charge in [0.15, 0.2) is 5.82 Å². The maximum atomic E-state index is 12.6. The molecule has 2 aromatic rings. The predicted octanol–water partition coefficient (Wildman–Crippen LogP) is -0.557. The fourth-order valence-corrected chi connectivity index (χ4v) is 4.32. The van der Waals surface area contributed by atoms with Crippen LogP contribution in [0.15, 0.2) is 20.8 Å². The van der Waals surface area contributed by atoms with Gasteiger partial charge in [0.1, 0.15) is 6.04 Å². The number of nitrogens with one attached hydrogen (secondary N) is 3. The molecular weight excluding hydrogens is 374 g/mol. The number of amides is 3. The molecule has 3 N–H and O–H groups in total. The minimum atomic E-state index is -0.625. The molecule has 0 bridgehead atoms. The maximum absolute atomic E-state index is 12.6. The van der Waals surface area contributed by atoms with Crippen molar-refractivity contribution in [1.29, 1.82) is 0 Å². The summed E-state index contributed by atoms with van der Waals surface area (Å²) in [5.41, 5.74) is 0.703. The first-order chi connectivity index (χ1) is 13.1. The van der Waals surface area contributed by atoms with Gasteiger partial charge in [0, 0.05) is 21.9 Å². The molecule has 2 aliphatic rings. The number of aromatic nitrogens is 2. The van der Waals surface area contributed by atoms with Crippen molar-refractivity contribution in [2.24, 2.45) is 5.92 Å². The van der Waals surface area contributed by atoms with Crippen LogP contribution in [0, 0.1) is 5.92 Å². The Balaban J connectivity index is 1.36. The third-order valence-electron chi connectivity index (χ3n) is 4.84. The SMILES string of the molecule is O=CNCC(=O)N1C(C(=O)NCc2cc(-c3noc(=O)[nH]3)cs2)CC2CC21. The van der Waals surface area contributed by atoms with Gasteiger partial charge in [-0.25, -0.2) is 4.79 Å². The molecule has 11 heteroatoms. The number of carbonyl (C=O) groups excluding carboxylic acids is 3. The lowest BCUT2D eigenvalue weighted by molar-refractivity contribution is -0.139. The lowest BCUT2D eigenvalue weighted by atomic mass is 10.1. The lowest BCUT2D eigenvalue weighted by Crippen LogP contribution is -2.50. The zero-order chi connectivity index (χ0) is 19.0. The van der Waals surface area contributed by atoms with Crippen LogP contribution in [0.3, 0.4) is 0 Å². The van der Waals surface area contributed by atoms with Crippen LogP contribution in [0.25, 0.3) is 11.4 Å². The molecule has 0 spiro atoms. The molecular formula is C16H17N5O5S. The fraction of sp³-hybridized carbons (Fsp3) is 0.438. The van der Waals surface area contributed by atoms with Gasteiger partial charge >= 0.3 is 5.76 Å². The smallest absolute Gasteiger partial charge is 0.350 e. The maximum Gasteiger partial charge on any atom is 0.439 e. The molecule has 142 valence electrons. The second-order valence-electron chi connectivity index (χ2n) is 6.58. The lowest BCUT2D eigenvalue weighted by Gasteiger charge is -2.26. The normalized spacial score (nSPS) is 23.0. The van der Waals surface area contributed by atoms with Crippen molar-refractivity contribution in [1.82, 2.24) is 25.7 Å².